The Kier molecular flexibility index (Phi) is 7.90. The van der Waals surface area contributed by atoms with Gasteiger partial charge < -0.3 is 19.3 Å². The highest BCUT2D eigenvalue weighted by molar-refractivity contribution is 6.32. The molecule has 37 heavy (non-hydrogen) atoms. The number of nitrogens with zero attached hydrogens (tertiary/aromatic N) is 1. The molecular weight excluding hydrogens is 496 g/mol. The van der Waals surface area contributed by atoms with Crippen LogP contribution in [0.25, 0.3) is 10.8 Å². The van der Waals surface area contributed by atoms with Crippen LogP contribution in [0.5, 0.6) is 17.2 Å². The first-order chi connectivity index (χ1) is 17.9. The van der Waals surface area contributed by atoms with Crippen molar-refractivity contribution in [1.29, 1.82) is 0 Å². The first-order valence-corrected chi connectivity index (χ1v) is 11.5. The normalized spacial score (nSPS) is 10.9. The molecule has 0 heterocycles. The Bertz CT molecular complexity index is 1480. The average molecular weight is 519 g/mol. The van der Waals surface area contributed by atoms with Gasteiger partial charge in [-0.05, 0) is 58.3 Å². The fraction of sp³-hybridized carbons (Fsp3) is 0.107. The van der Waals surface area contributed by atoms with Gasteiger partial charge in [0, 0.05) is 0 Å². The number of nitrogens with one attached hydrogen (secondary N) is 1. The number of halogens is 1. The predicted octanol–water partition coefficient (Wildman–Crippen LogP) is 5.55. The Hall–Kier alpha value is -4.56. The van der Waals surface area contributed by atoms with Gasteiger partial charge in [-0.2, -0.15) is 5.10 Å². The molecule has 4 rings (SSSR count). The minimum Gasteiger partial charge on any atom is -0.496 e. The van der Waals surface area contributed by atoms with Gasteiger partial charge in [0.2, 0.25) is 0 Å². The summed E-state index contributed by atoms with van der Waals surface area (Å²) in [7, 11) is 2.99. The first-order valence-electron chi connectivity index (χ1n) is 11.1. The molecule has 9 heteroatoms. The van der Waals surface area contributed by atoms with E-state index in [2.05, 4.69) is 10.5 Å². The fourth-order valence-corrected chi connectivity index (χ4v) is 3.92. The molecular formula is C28H23ClN2O6. The lowest BCUT2D eigenvalue weighted by Crippen LogP contribution is -2.18. The molecule has 0 unspecified atom stereocenters. The van der Waals surface area contributed by atoms with Crippen molar-refractivity contribution in [3.63, 3.8) is 0 Å². The maximum absolute atomic E-state index is 12.8. The number of rotatable bonds is 9. The maximum atomic E-state index is 12.8. The van der Waals surface area contributed by atoms with Gasteiger partial charge in [0.05, 0.1) is 36.6 Å². The fourth-order valence-electron chi connectivity index (χ4n) is 3.64. The number of ether oxygens (including phenoxy) is 3. The highest BCUT2D eigenvalue weighted by atomic mass is 35.5. The van der Waals surface area contributed by atoms with Gasteiger partial charge >= 0.3 is 5.97 Å². The van der Waals surface area contributed by atoms with Crippen LogP contribution in [0.3, 0.4) is 0 Å². The standard InChI is InChI=1S/C28H23ClN2O6/c1-35-24-14-21-6-4-3-5-20(21)13-22(24)27(32)31-30-15-18-11-23(29)26(25(12-18)36-2)37-16-17-7-9-19(10-8-17)28(33)34/h3-15H,16H2,1-2H3,(H,31,32)(H,33,34)/b30-15-. The van der Waals surface area contributed by atoms with Gasteiger partial charge in [0.1, 0.15) is 12.4 Å². The smallest absolute Gasteiger partial charge is 0.335 e. The van der Waals surface area contributed by atoms with E-state index in [-0.39, 0.29) is 17.2 Å². The maximum Gasteiger partial charge on any atom is 0.335 e. The number of carboxylic acids is 1. The van der Waals surface area contributed by atoms with Crippen molar-refractivity contribution in [2.75, 3.05) is 14.2 Å². The van der Waals surface area contributed by atoms with E-state index in [0.717, 1.165) is 16.3 Å². The number of hydrazone groups is 1. The summed E-state index contributed by atoms with van der Waals surface area (Å²) in [4.78, 5) is 23.8. The van der Waals surface area contributed by atoms with Gasteiger partial charge in [0.15, 0.2) is 11.5 Å². The van der Waals surface area contributed by atoms with Crippen LogP contribution >= 0.6 is 11.6 Å². The molecule has 0 saturated heterocycles. The summed E-state index contributed by atoms with van der Waals surface area (Å²) in [6.07, 6.45) is 1.44. The molecule has 0 aliphatic rings. The molecule has 0 aliphatic carbocycles. The van der Waals surface area contributed by atoms with Crippen molar-refractivity contribution in [2.45, 2.75) is 6.61 Å². The number of amides is 1. The van der Waals surface area contributed by atoms with Crippen LogP contribution in [0.15, 0.2) is 77.9 Å². The zero-order chi connectivity index (χ0) is 26.4. The summed E-state index contributed by atoms with van der Waals surface area (Å²) < 4.78 is 16.6. The summed E-state index contributed by atoms with van der Waals surface area (Å²) in [5.41, 5.74) is 4.40. The Balaban J connectivity index is 1.46. The quantitative estimate of drug-likeness (QED) is 0.222. The number of benzene rings is 4. The van der Waals surface area contributed by atoms with Gasteiger partial charge in [-0.25, -0.2) is 10.2 Å². The molecule has 4 aromatic carbocycles. The molecule has 0 aromatic heterocycles. The van der Waals surface area contributed by atoms with Crippen molar-refractivity contribution >= 4 is 40.5 Å². The molecule has 4 aromatic rings. The summed E-state index contributed by atoms with van der Waals surface area (Å²) >= 11 is 6.43. The van der Waals surface area contributed by atoms with Gasteiger partial charge in [-0.3, -0.25) is 4.79 Å². The molecule has 2 N–H and O–H groups in total. The molecule has 0 saturated carbocycles. The number of hydrogen-bond donors (Lipinski definition) is 2. The second-order valence-electron chi connectivity index (χ2n) is 7.92. The molecule has 0 fully saturated rings. The summed E-state index contributed by atoms with van der Waals surface area (Å²) in [6.45, 7) is 0.160. The van der Waals surface area contributed by atoms with Gasteiger partial charge in [-0.1, -0.05) is 48.0 Å². The van der Waals surface area contributed by atoms with Gasteiger partial charge in [-0.15, -0.1) is 0 Å². The van der Waals surface area contributed by atoms with E-state index in [4.69, 9.17) is 30.9 Å². The summed E-state index contributed by atoms with van der Waals surface area (Å²) in [6, 6.07) is 20.8. The third-order valence-corrected chi connectivity index (χ3v) is 5.81. The van der Waals surface area contributed by atoms with Crippen molar-refractivity contribution in [3.8, 4) is 17.2 Å². The number of fused-ring (bicyclic) bond motifs is 1. The van der Waals surface area contributed by atoms with Crippen molar-refractivity contribution in [3.05, 3.63) is 100 Å². The predicted molar refractivity (Wildman–Crippen MR) is 141 cm³/mol. The number of hydrogen-bond acceptors (Lipinski definition) is 6. The average Bonchev–Trinajstić information content (AvgIpc) is 2.91. The van der Waals surface area contributed by atoms with Crippen LogP contribution in [-0.2, 0) is 6.61 Å². The monoisotopic (exact) mass is 518 g/mol. The van der Waals surface area contributed by atoms with E-state index in [9.17, 15) is 9.59 Å². The second-order valence-corrected chi connectivity index (χ2v) is 8.33. The van der Waals surface area contributed by atoms with Crippen LogP contribution in [0.1, 0.15) is 31.8 Å². The number of aromatic carboxylic acids is 1. The molecule has 0 spiro atoms. The Morgan fingerprint density at radius 1 is 0.946 bits per heavy atom. The highest BCUT2D eigenvalue weighted by Crippen LogP contribution is 2.36. The van der Waals surface area contributed by atoms with Crippen molar-refractivity contribution < 1.29 is 28.9 Å². The summed E-state index contributed by atoms with van der Waals surface area (Å²) in [5.74, 6) is -0.282. The van der Waals surface area contributed by atoms with E-state index in [1.54, 1.807) is 36.4 Å². The van der Waals surface area contributed by atoms with Crippen LogP contribution in [0.4, 0.5) is 0 Å². The van der Waals surface area contributed by atoms with E-state index in [1.807, 2.05) is 24.3 Å². The molecule has 0 radical (unpaired) electrons. The van der Waals surface area contributed by atoms with Crippen molar-refractivity contribution in [2.24, 2.45) is 5.10 Å². The molecule has 8 nitrogen and oxygen atoms in total. The summed E-state index contributed by atoms with van der Waals surface area (Å²) in [5, 5.41) is 15.2. The van der Waals surface area contributed by atoms with Gasteiger partial charge in [0.25, 0.3) is 5.91 Å². The SMILES string of the molecule is COc1cc2ccccc2cc1C(=O)N/N=C\c1cc(Cl)c(OCc2ccc(C(=O)O)cc2)c(OC)c1. The number of methoxy groups -OCH3 is 2. The van der Waals surface area contributed by atoms with E-state index in [0.29, 0.717) is 28.4 Å². The minimum absolute atomic E-state index is 0.160. The zero-order valence-electron chi connectivity index (χ0n) is 20.0. The molecule has 0 bridgehead atoms. The van der Waals surface area contributed by atoms with E-state index in [1.165, 1.54) is 32.6 Å². The van der Waals surface area contributed by atoms with Crippen LogP contribution in [0.2, 0.25) is 5.02 Å². The topological polar surface area (TPSA) is 106 Å². The highest BCUT2D eigenvalue weighted by Gasteiger charge is 2.14. The van der Waals surface area contributed by atoms with Crippen LogP contribution in [-0.4, -0.2) is 37.4 Å². The second kappa shape index (κ2) is 11.5. The lowest BCUT2D eigenvalue weighted by atomic mass is 10.1. The Labute approximate surface area is 218 Å². The Morgan fingerprint density at radius 2 is 1.62 bits per heavy atom. The number of carbonyl (C=O) groups excluding carboxylic acids is 1. The molecule has 188 valence electrons. The van der Waals surface area contributed by atoms with Crippen LogP contribution in [0, 0.1) is 0 Å². The van der Waals surface area contributed by atoms with Crippen molar-refractivity contribution in [1.82, 2.24) is 5.43 Å². The largest absolute Gasteiger partial charge is 0.496 e. The van der Waals surface area contributed by atoms with E-state index < -0.39 is 11.9 Å². The number of carboxylic acid groups (broad SMARTS) is 1. The van der Waals surface area contributed by atoms with Crippen LogP contribution < -0.4 is 19.6 Å². The lowest BCUT2D eigenvalue weighted by Gasteiger charge is -2.13. The molecule has 1 amide bonds. The third kappa shape index (κ3) is 5.99. The first kappa shape index (κ1) is 25.5. The molecule has 0 atom stereocenters. The Morgan fingerprint density at radius 3 is 2.27 bits per heavy atom. The minimum atomic E-state index is -0.998. The zero-order valence-corrected chi connectivity index (χ0v) is 20.8. The van der Waals surface area contributed by atoms with E-state index >= 15 is 0 Å². The number of carbonyl (C=O) groups is 2. The third-order valence-electron chi connectivity index (χ3n) is 5.53. The lowest BCUT2D eigenvalue weighted by molar-refractivity contribution is 0.0696. The molecule has 0 aliphatic heterocycles.